The van der Waals surface area contributed by atoms with Gasteiger partial charge in [0.05, 0.1) is 17.9 Å². The lowest BCUT2D eigenvalue weighted by atomic mass is 10.1. The van der Waals surface area contributed by atoms with Gasteiger partial charge in [-0.05, 0) is 50.1 Å². The van der Waals surface area contributed by atoms with E-state index in [2.05, 4.69) is 70.9 Å². The number of nitrogens with two attached hydrogens (primary N) is 2. The summed E-state index contributed by atoms with van der Waals surface area (Å²) in [4.78, 5) is 33.6. The molecule has 1 aromatic carbocycles. The summed E-state index contributed by atoms with van der Waals surface area (Å²) in [6.07, 6.45) is 6.18. The molecule has 5 rings (SSSR count). The summed E-state index contributed by atoms with van der Waals surface area (Å²) in [5.74, 6) is 7.17. The fraction of sp³-hybridized carbons (Fsp3) is 0.233. The third-order valence-electron chi connectivity index (χ3n) is 6.88. The van der Waals surface area contributed by atoms with Crippen molar-refractivity contribution < 1.29 is 9.90 Å². The molecular formula is C30H31N11O2. The van der Waals surface area contributed by atoms with Gasteiger partial charge in [-0.15, -0.1) is 10.2 Å². The quantitative estimate of drug-likeness (QED) is 0.192. The number of piperazine rings is 1. The summed E-state index contributed by atoms with van der Waals surface area (Å²) in [7, 11) is 0. The first-order valence-corrected chi connectivity index (χ1v) is 13.6. The van der Waals surface area contributed by atoms with Crippen LogP contribution in [0.4, 0.5) is 17.3 Å². The van der Waals surface area contributed by atoms with E-state index in [1.807, 2.05) is 18.2 Å². The highest BCUT2D eigenvalue weighted by molar-refractivity contribution is 5.96. The first-order chi connectivity index (χ1) is 20.8. The average molecular weight is 578 g/mol. The fourth-order valence-corrected chi connectivity index (χ4v) is 4.73. The van der Waals surface area contributed by atoms with Crippen LogP contribution in [0.5, 0.6) is 5.75 Å². The van der Waals surface area contributed by atoms with Gasteiger partial charge in [0.1, 0.15) is 17.3 Å². The number of phenols is 1. The Hall–Kier alpha value is -5.77. The van der Waals surface area contributed by atoms with E-state index in [4.69, 9.17) is 11.5 Å². The fourth-order valence-electron chi connectivity index (χ4n) is 4.73. The van der Waals surface area contributed by atoms with Gasteiger partial charge in [0, 0.05) is 55.4 Å². The molecule has 2 unspecified atom stereocenters. The standard InChI is InChI=1S/C30H31N11O2/c1-19-18-41(20(2)17-40(19)24-16-23(38-39-29(24)32)21-7-3-4-8-25(21)42)28-10-14-35-26(37-28)9-5-11-36-30(43)22(31)15-27-33-12-6-13-34-27/h3-4,6-8,10,12-16,19-20,42H,11,17-18,31H2,1-2H3,(H2,32,39)(H,36,43)/b22-15-. The molecule has 3 aromatic heterocycles. The third kappa shape index (κ3) is 6.76. The van der Waals surface area contributed by atoms with Gasteiger partial charge in [0.15, 0.2) is 11.6 Å². The number of aromatic nitrogens is 6. The smallest absolute Gasteiger partial charge is 0.268 e. The predicted molar refractivity (Wildman–Crippen MR) is 163 cm³/mol. The summed E-state index contributed by atoms with van der Waals surface area (Å²) in [6, 6.07) is 12.5. The Kier molecular flexibility index (Phi) is 8.57. The number of anilines is 3. The lowest BCUT2D eigenvalue weighted by Crippen LogP contribution is -2.57. The topological polar surface area (TPSA) is 185 Å². The summed E-state index contributed by atoms with van der Waals surface area (Å²) >= 11 is 0. The molecule has 0 radical (unpaired) electrons. The van der Waals surface area contributed by atoms with Crippen LogP contribution in [0.3, 0.4) is 0 Å². The van der Waals surface area contributed by atoms with Crippen LogP contribution in [0, 0.1) is 11.8 Å². The number of benzene rings is 1. The second kappa shape index (κ2) is 12.8. The Morgan fingerprint density at radius 1 is 1.05 bits per heavy atom. The van der Waals surface area contributed by atoms with Crippen molar-refractivity contribution in [3.8, 4) is 28.8 Å². The first-order valence-electron chi connectivity index (χ1n) is 13.6. The highest BCUT2D eigenvalue weighted by Crippen LogP contribution is 2.34. The van der Waals surface area contributed by atoms with Crippen LogP contribution in [0.2, 0.25) is 0 Å². The lowest BCUT2D eigenvalue weighted by Gasteiger charge is -2.45. The zero-order valence-corrected chi connectivity index (χ0v) is 23.7. The largest absolute Gasteiger partial charge is 0.507 e. The molecule has 13 heteroatoms. The molecule has 1 fully saturated rings. The van der Waals surface area contributed by atoms with Gasteiger partial charge in [0.2, 0.25) is 5.82 Å². The van der Waals surface area contributed by atoms with Crippen LogP contribution in [0.15, 0.2) is 66.8 Å². The van der Waals surface area contributed by atoms with Gasteiger partial charge in [0.25, 0.3) is 5.91 Å². The number of amides is 1. The van der Waals surface area contributed by atoms with Crippen molar-refractivity contribution in [1.82, 2.24) is 35.5 Å². The SMILES string of the molecule is CC1CN(c2cc(-c3ccccc3O)nnc2N)C(C)CN1c1ccnc(C#CCNC(=O)/C(N)=C/c2ncccn2)n1. The highest BCUT2D eigenvalue weighted by Gasteiger charge is 2.32. The molecule has 1 saturated heterocycles. The molecule has 1 amide bonds. The first kappa shape index (κ1) is 28.7. The van der Waals surface area contributed by atoms with Crippen LogP contribution in [-0.4, -0.2) is 72.9 Å². The Labute approximate surface area is 248 Å². The van der Waals surface area contributed by atoms with E-state index in [1.54, 1.807) is 42.9 Å². The minimum Gasteiger partial charge on any atom is -0.507 e. The van der Waals surface area contributed by atoms with Crippen molar-refractivity contribution >= 4 is 29.3 Å². The average Bonchev–Trinajstić information content (AvgIpc) is 3.01. The molecule has 0 aliphatic carbocycles. The maximum Gasteiger partial charge on any atom is 0.268 e. The minimum atomic E-state index is -0.477. The maximum atomic E-state index is 12.2. The van der Waals surface area contributed by atoms with Gasteiger partial charge in [-0.25, -0.2) is 19.9 Å². The number of phenolic OH excluding ortho intramolecular Hbond substituents is 1. The normalized spacial score (nSPS) is 16.7. The van der Waals surface area contributed by atoms with E-state index in [0.717, 1.165) is 11.5 Å². The number of carbonyl (C=O) groups excluding carboxylic acids is 1. The van der Waals surface area contributed by atoms with Gasteiger partial charge >= 0.3 is 0 Å². The molecule has 4 aromatic rings. The van der Waals surface area contributed by atoms with Crippen LogP contribution in [0.1, 0.15) is 25.5 Å². The predicted octanol–water partition coefficient (Wildman–Crippen LogP) is 1.58. The molecule has 2 atom stereocenters. The molecule has 1 aliphatic rings. The van der Waals surface area contributed by atoms with Crippen LogP contribution in [0.25, 0.3) is 17.3 Å². The molecule has 4 heterocycles. The summed E-state index contributed by atoms with van der Waals surface area (Å²) in [5.41, 5.74) is 14.0. The van der Waals surface area contributed by atoms with Gasteiger partial charge in [-0.2, -0.15) is 0 Å². The van der Waals surface area contributed by atoms with Crippen molar-refractivity contribution in [1.29, 1.82) is 0 Å². The second-order valence-corrected chi connectivity index (χ2v) is 9.95. The number of para-hydroxylation sites is 1. The molecule has 0 saturated carbocycles. The summed E-state index contributed by atoms with van der Waals surface area (Å²) in [5, 5.41) is 21.3. The van der Waals surface area contributed by atoms with E-state index in [0.29, 0.717) is 41.8 Å². The third-order valence-corrected chi connectivity index (χ3v) is 6.88. The molecule has 6 N–H and O–H groups in total. The number of nitrogen functional groups attached to an aromatic ring is 1. The summed E-state index contributed by atoms with van der Waals surface area (Å²) < 4.78 is 0. The number of nitrogens with zero attached hydrogens (tertiary/aromatic N) is 8. The molecule has 43 heavy (non-hydrogen) atoms. The Bertz CT molecular complexity index is 1700. The summed E-state index contributed by atoms with van der Waals surface area (Å²) in [6.45, 7) is 5.58. The number of carbonyl (C=O) groups is 1. The lowest BCUT2D eigenvalue weighted by molar-refractivity contribution is -0.117. The van der Waals surface area contributed by atoms with E-state index >= 15 is 0 Å². The minimum absolute atomic E-state index is 0.0211. The van der Waals surface area contributed by atoms with Crippen molar-refractivity contribution in [3.63, 3.8) is 0 Å². The Morgan fingerprint density at radius 2 is 1.79 bits per heavy atom. The van der Waals surface area contributed by atoms with E-state index in [-0.39, 0.29) is 30.1 Å². The van der Waals surface area contributed by atoms with E-state index < -0.39 is 5.91 Å². The highest BCUT2D eigenvalue weighted by atomic mass is 16.3. The Balaban J connectivity index is 1.24. The van der Waals surface area contributed by atoms with Crippen LogP contribution in [-0.2, 0) is 4.79 Å². The zero-order valence-electron chi connectivity index (χ0n) is 23.7. The van der Waals surface area contributed by atoms with Crippen molar-refractivity contribution in [2.45, 2.75) is 25.9 Å². The molecule has 13 nitrogen and oxygen atoms in total. The van der Waals surface area contributed by atoms with Gasteiger partial charge in [-0.1, -0.05) is 18.1 Å². The van der Waals surface area contributed by atoms with Gasteiger partial charge < -0.3 is 31.7 Å². The van der Waals surface area contributed by atoms with E-state index in [1.165, 1.54) is 6.08 Å². The molecular weight excluding hydrogens is 546 g/mol. The number of aromatic hydroxyl groups is 1. The van der Waals surface area contributed by atoms with Crippen molar-refractivity contribution in [3.05, 3.63) is 78.4 Å². The number of hydrogen-bond acceptors (Lipinski definition) is 12. The number of hydrogen-bond donors (Lipinski definition) is 4. The second-order valence-electron chi connectivity index (χ2n) is 9.95. The Morgan fingerprint density at radius 3 is 2.58 bits per heavy atom. The zero-order chi connectivity index (χ0) is 30.3. The van der Waals surface area contributed by atoms with Gasteiger partial charge in [-0.3, -0.25) is 4.79 Å². The van der Waals surface area contributed by atoms with Crippen LogP contribution < -0.4 is 26.6 Å². The van der Waals surface area contributed by atoms with E-state index in [9.17, 15) is 9.90 Å². The maximum absolute atomic E-state index is 12.2. The molecule has 0 bridgehead atoms. The molecule has 218 valence electrons. The molecule has 0 spiro atoms. The number of rotatable bonds is 6. The number of nitrogens with one attached hydrogen (secondary N) is 1. The molecule has 1 aliphatic heterocycles. The van der Waals surface area contributed by atoms with Crippen LogP contribution >= 0.6 is 0 Å². The van der Waals surface area contributed by atoms with Crippen molar-refractivity contribution in [2.24, 2.45) is 5.73 Å². The van der Waals surface area contributed by atoms with Crippen molar-refractivity contribution in [2.75, 3.05) is 35.2 Å². The monoisotopic (exact) mass is 577 g/mol.